The summed E-state index contributed by atoms with van der Waals surface area (Å²) in [5, 5.41) is 8.07. The van der Waals surface area contributed by atoms with E-state index in [1.54, 1.807) is 31.2 Å². The monoisotopic (exact) mass is 413 g/mol. The first-order valence-electron chi connectivity index (χ1n) is 9.34. The molecule has 0 aliphatic carbocycles. The van der Waals surface area contributed by atoms with Crippen LogP contribution in [0.3, 0.4) is 0 Å². The van der Waals surface area contributed by atoms with E-state index in [4.69, 9.17) is 21.1 Å². The summed E-state index contributed by atoms with van der Waals surface area (Å²) < 4.78 is 12.4. The number of carbonyl (C=O) groups is 1. The lowest BCUT2D eigenvalue weighted by molar-refractivity contribution is 0.0939. The summed E-state index contributed by atoms with van der Waals surface area (Å²) in [6.07, 6.45) is 2.25. The average Bonchev–Trinajstić information content (AvgIpc) is 3.17. The van der Waals surface area contributed by atoms with E-state index < -0.39 is 0 Å². The van der Waals surface area contributed by atoms with Crippen molar-refractivity contribution < 1.29 is 14.3 Å². The SMILES string of the molecule is CCc1c(C(=O)NC(C)c2ccc(OC)c(OC)c2)cnn1-c1cccc(Cl)c1. The molecule has 0 fully saturated rings. The quantitative estimate of drug-likeness (QED) is 0.615. The maximum Gasteiger partial charge on any atom is 0.255 e. The van der Waals surface area contributed by atoms with Crippen LogP contribution in [0.2, 0.25) is 5.02 Å². The second kappa shape index (κ2) is 9.01. The number of ether oxygens (including phenoxy) is 2. The molecule has 29 heavy (non-hydrogen) atoms. The van der Waals surface area contributed by atoms with Crippen LogP contribution in [0.15, 0.2) is 48.7 Å². The number of amides is 1. The minimum absolute atomic E-state index is 0.183. The highest BCUT2D eigenvalue weighted by Gasteiger charge is 2.20. The van der Waals surface area contributed by atoms with E-state index in [0.29, 0.717) is 28.5 Å². The Balaban J connectivity index is 1.84. The number of hydrogen-bond acceptors (Lipinski definition) is 4. The van der Waals surface area contributed by atoms with Gasteiger partial charge in [-0.15, -0.1) is 0 Å². The number of nitrogens with one attached hydrogen (secondary N) is 1. The van der Waals surface area contributed by atoms with Crippen LogP contribution in [-0.4, -0.2) is 29.9 Å². The third-order valence-corrected chi connectivity index (χ3v) is 4.99. The lowest BCUT2D eigenvalue weighted by Gasteiger charge is -2.17. The first-order valence-corrected chi connectivity index (χ1v) is 9.71. The van der Waals surface area contributed by atoms with E-state index in [2.05, 4.69) is 10.4 Å². The average molecular weight is 414 g/mol. The molecule has 152 valence electrons. The molecule has 0 saturated heterocycles. The predicted molar refractivity (Wildman–Crippen MR) is 113 cm³/mol. The number of benzene rings is 2. The molecule has 6 nitrogen and oxygen atoms in total. The highest BCUT2D eigenvalue weighted by atomic mass is 35.5. The molecular weight excluding hydrogens is 390 g/mol. The fourth-order valence-electron chi connectivity index (χ4n) is 3.21. The van der Waals surface area contributed by atoms with Gasteiger partial charge in [-0.3, -0.25) is 4.79 Å². The number of methoxy groups -OCH3 is 2. The zero-order valence-corrected chi connectivity index (χ0v) is 17.7. The molecule has 1 heterocycles. The Morgan fingerprint density at radius 1 is 1.17 bits per heavy atom. The summed E-state index contributed by atoms with van der Waals surface area (Å²) in [6, 6.07) is 12.8. The minimum Gasteiger partial charge on any atom is -0.493 e. The molecule has 1 amide bonds. The summed E-state index contributed by atoms with van der Waals surface area (Å²) in [7, 11) is 3.18. The largest absolute Gasteiger partial charge is 0.493 e. The van der Waals surface area contributed by atoms with Gasteiger partial charge in [0, 0.05) is 5.02 Å². The highest BCUT2D eigenvalue weighted by molar-refractivity contribution is 6.30. The Labute approximate surface area is 175 Å². The third-order valence-electron chi connectivity index (χ3n) is 4.76. The van der Waals surface area contributed by atoms with E-state index >= 15 is 0 Å². The van der Waals surface area contributed by atoms with Gasteiger partial charge < -0.3 is 14.8 Å². The summed E-state index contributed by atoms with van der Waals surface area (Å²) in [6.45, 7) is 3.92. The normalized spacial score (nSPS) is 11.8. The van der Waals surface area contributed by atoms with Gasteiger partial charge in [0.05, 0.1) is 43.4 Å². The first-order chi connectivity index (χ1) is 14.0. The molecule has 0 bridgehead atoms. The number of rotatable bonds is 7. The van der Waals surface area contributed by atoms with Crippen molar-refractivity contribution in [2.75, 3.05) is 14.2 Å². The smallest absolute Gasteiger partial charge is 0.255 e. The van der Waals surface area contributed by atoms with Crippen molar-refractivity contribution >= 4 is 17.5 Å². The van der Waals surface area contributed by atoms with Gasteiger partial charge in [0.15, 0.2) is 11.5 Å². The number of halogens is 1. The standard InChI is InChI=1S/C22H24ClN3O3/c1-5-19-18(13-24-26(19)17-8-6-7-16(23)12-17)22(27)25-14(2)15-9-10-20(28-3)21(11-15)29-4/h6-14H,5H2,1-4H3,(H,25,27). The van der Waals surface area contributed by atoms with Gasteiger partial charge in [-0.2, -0.15) is 5.10 Å². The van der Waals surface area contributed by atoms with Crippen LogP contribution in [-0.2, 0) is 6.42 Å². The van der Waals surface area contributed by atoms with Crippen molar-refractivity contribution in [3.05, 3.63) is 70.5 Å². The lowest BCUT2D eigenvalue weighted by Crippen LogP contribution is -2.27. The van der Waals surface area contributed by atoms with Gasteiger partial charge in [0.2, 0.25) is 0 Å². The molecule has 1 unspecified atom stereocenters. The Morgan fingerprint density at radius 3 is 2.59 bits per heavy atom. The number of nitrogens with zero attached hydrogens (tertiary/aromatic N) is 2. The number of aromatic nitrogens is 2. The molecule has 0 spiro atoms. The van der Waals surface area contributed by atoms with E-state index in [1.807, 2.05) is 50.2 Å². The van der Waals surface area contributed by atoms with E-state index in [9.17, 15) is 4.79 Å². The zero-order chi connectivity index (χ0) is 21.0. The van der Waals surface area contributed by atoms with E-state index in [-0.39, 0.29) is 11.9 Å². The molecule has 1 atom stereocenters. The molecule has 0 saturated carbocycles. The second-order valence-corrected chi connectivity index (χ2v) is 7.00. The summed E-state index contributed by atoms with van der Waals surface area (Å²) in [5.74, 6) is 1.08. The van der Waals surface area contributed by atoms with Crippen molar-refractivity contribution in [1.29, 1.82) is 0 Å². The molecule has 2 aromatic carbocycles. The lowest BCUT2D eigenvalue weighted by atomic mass is 10.1. The predicted octanol–water partition coefficient (Wildman–Crippen LogP) is 4.60. The zero-order valence-electron chi connectivity index (χ0n) is 16.9. The summed E-state index contributed by atoms with van der Waals surface area (Å²) >= 11 is 6.10. The fourth-order valence-corrected chi connectivity index (χ4v) is 3.40. The van der Waals surface area contributed by atoms with Crippen molar-refractivity contribution in [3.63, 3.8) is 0 Å². The summed E-state index contributed by atoms with van der Waals surface area (Å²) in [5.41, 5.74) is 3.10. The van der Waals surface area contributed by atoms with Crippen LogP contribution in [0, 0.1) is 0 Å². The van der Waals surface area contributed by atoms with Crippen LogP contribution < -0.4 is 14.8 Å². The van der Waals surface area contributed by atoms with Gasteiger partial charge in [-0.1, -0.05) is 30.7 Å². The molecule has 0 aliphatic rings. The Kier molecular flexibility index (Phi) is 6.44. The van der Waals surface area contributed by atoms with Crippen molar-refractivity contribution in [2.24, 2.45) is 0 Å². The third kappa shape index (κ3) is 4.38. The maximum atomic E-state index is 13.0. The first kappa shape index (κ1) is 20.7. The molecular formula is C22H24ClN3O3. The second-order valence-electron chi connectivity index (χ2n) is 6.56. The van der Waals surface area contributed by atoms with Crippen molar-refractivity contribution in [1.82, 2.24) is 15.1 Å². The molecule has 1 aromatic heterocycles. The Hall–Kier alpha value is -2.99. The van der Waals surface area contributed by atoms with Gasteiger partial charge in [0.25, 0.3) is 5.91 Å². The number of carbonyl (C=O) groups excluding carboxylic acids is 1. The molecule has 1 N–H and O–H groups in total. The van der Waals surface area contributed by atoms with Gasteiger partial charge in [-0.05, 0) is 49.2 Å². The van der Waals surface area contributed by atoms with Crippen LogP contribution in [0.4, 0.5) is 0 Å². The van der Waals surface area contributed by atoms with Crippen molar-refractivity contribution in [2.45, 2.75) is 26.3 Å². The van der Waals surface area contributed by atoms with Gasteiger partial charge in [-0.25, -0.2) is 4.68 Å². The number of hydrogen-bond donors (Lipinski definition) is 1. The van der Waals surface area contributed by atoms with Crippen molar-refractivity contribution in [3.8, 4) is 17.2 Å². The molecule has 0 aliphatic heterocycles. The summed E-state index contributed by atoms with van der Waals surface area (Å²) in [4.78, 5) is 13.0. The van der Waals surface area contributed by atoms with Crippen LogP contribution in [0.5, 0.6) is 11.5 Å². The maximum absolute atomic E-state index is 13.0. The minimum atomic E-state index is -0.221. The Morgan fingerprint density at radius 2 is 1.93 bits per heavy atom. The molecule has 0 radical (unpaired) electrons. The van der Waals surface area contributed by atoms with Crippen LogP contribution in [0.25, 0.3) is 5.69 Å². The Bertz CT molecular complexity index is 1020. The topological polar surface area (TPSA) is 65.4 Å². The van der Waals surface area contributed by atoms with Crippen LogP contribution >= 0.6 is 11.6 Å². The van der Waals surface area contributed by atoms with E-state index in [0.717, 1.165) is 16.9 Å². The fraction of sp³-hybridized carbons (Fsp3) is 0.273. The highest BCUT2D eigenvalue weighted by Crippen LogP contribution is 2.30. The molecule has 7 heteroatoms. The molecule has 3 rings (SSSR count). The van der Waals surface area contributed by atoms with Gasteiger partial charge >= 0.3 is 0 Å². The van der Waals surface area contributed by atoms with Crippen LogP contribution in [0.1, 0.15) is 41.5 Å². The van der Waals surface area contributed by atoms with Gasteiger partial charge in [0.1, 0.15) is 0 Å². The van der Waals surface area contributed by atoms with E-state index in [1.165, 1.54) is 0 Å². The molecule has 3 aromatic rings.